The van der Waals surface area contributed by atoms with Crippen molar-refractivity contribution in [3.05, 3.63) is 40.2 Å². The molecule has 0 aliphatic heterocycles. The zero-order valence-electron chi connectivity index (χ0n) is 12.4. The van der Waals surface area contributed by atoms with E-state index in [1.165, 1.54) is 20.3 Å². The van der Waals surface area contributed by atoms with E-state index in [1.807, 2.05) is 0 Å². The van der Waals surface area contributed by atoms with E-state index < -0.39 is 17.1 Å². The molecule has 0 amide bonds. The molecule has 1 aromatic heterocycles. The fourth-order valence-corrected chi connectivity index (χ4v) is 2.01. The quantitative estimate of drug-likeness (QED) is 0.880. The van der Waals surface area contributed by atoms with Gasteiger partial charge in [0, 0.05) is 5.56 Å². The van der Waals surface area contributed by atoms with Crippen LogP contribution in [0, 0.1) is 11.3 Å². The Bertz CT molecular complexity index is 851. The van der Waals surface area contributed by atoms with E-state index in [1.54, 1.807) is 24.3 Å². The van der Waals surface area contributed by atoms with Crippen molar-refractivity contribution in [2.45, 2.75) is 6.54 Å². The van der Waals surface area contributed by atoms with E-state index in [-0.39, 0.29) is 12.2 Å². The molecule has 8 heteroatoms. The Hall–Kier alpha value is -3.34. The average molecular weight is 315 g/mol. The maximum absolute atomic E-state index is 11.9. The zero-order valence-corrected chi connectivity index (χ0v) is 12.4. The minimum atomic E-state index is -1.38. The number of aromatic nitrogens is 2. The first-order valence-electron chi connectivity index (χ1n) is 6.46. The number of methoxy groups -OCH3 is 2. The zero-order chi connectivity index (χ0) is 17.0. The fraction of sp³-hybridized carbons (Fsp3) is 0.200. The van der Waals surface area contributed by atoms with E-state index >= 15 is 0 Å². The van der Waals surface area contributed by atoms with Gasteiger partial charge in [0.15, 0.2) is 11.5 Å². The summed E-state index contributed by atoms with van der Waals surface area (Å²) in [5.74, 6) is -0.451. The van der Waals surface area contributed by atoms with Crippen molar-refractivity contribution in [1.29, 1.82) is 5.26 Å². The Morgan fingerprint density at radius 1 is 1.30 bits per heavy atom. The van der Waals surface area contributed by atoms with Crippen LogP contribution in [-0.2, 0) is 6.54 Å². The van der Waals surface area contributed by atoms with Crippen molar-refractivity contribution in [2.24, 2.45) is 0 Å². The predicted molar refractivity (Wildman–Crippen MR) is 79.6 cm³/mol. The number of rotatable bonds is 5. The van der Waals surface area contributed by atoms with Crippen molar-refractivity contribution in [2.75, 3.05) is 14.2 Å². The minimum Gasteiger partial charge on any atom is -0.493 e. The number of nitrogens with zero attached hydrogens (tertiary/aromatic N) is 3. The number of carboxylic acid groups (broad SMARTS) is 1. The molecule has 0 spiro atoms. The summed E-state index contributed by atoms with van der Waals surface area (Å²) >= 11 is 0. The van der Waals surface area contributed by atoms with Crippen LogP contribution in [0.5, 0.6) is 11.5 Å². The minimum absolute atomic E-state index is 0.234. The van der Waals surface area contributed by atoms with Gasteiger partial charge >= 0.3 is 5.97 Å². The van der Waals surface area contributed by atoms with Gasteiger partial charge < -0.3 is 14.6 Å². The second-order valence-electron chi connectivity index (χ2n) is 4.44. The van der Waals surface area contributed by atoms with Crippen LogP contribution < -0.4 is 15.0 Å². The van der Waals surface area contributed by atoms with Crippen molar-refractivity contribution in [1.82, 2.24) is 9.78 Å². The normalized spacial score (nSPS) is 9.96. The highest BCUT2D eigenvalue weighted by atomic mass is 16.5. The second kappa shape index (κ2) is 6.62. The molecule has 2 aromatic rings. The average Bonchev–Trinajstić information content (AvgIpc) is 2.55. The highest BCUT2D eigenvalue weighted by molar-refractivity contribution is 5.88. The molecule has 1 heterocycles. The Labute approximate surface area is 131 Å². The maximum atomic E-state index is 11.9. The van der Waals surface area contributed by atoms with Crippen LogP contribution in [0.2, 0.25) is 0 Å². The summed E-state index contributed by atoms with van der Waals surface area (Å²) in [7, 11) is 2.96. The molecule has 0 unspecified atom stereocenters. The Morgan fingerprint density at radius 3 is 2.57 bits per heavy atom. The van der Waals surface area contributed by atoms with Crippen LogP contribution in [0.15, 0.2) is 29.1 Å². The van der Waals surface area contributed by atoms with E-state index in [9.17, 15) is 9.59 Å². The van der Waals surface area contributed by atoms with Crippen LogP contribution in [0.1, 0.15) is 10.4 Å². The molecule has 0 radical (unpaired) electrons. The Morgan fingerprint density at radius 2 is 2.00 bits per heavy atom. The van der Waals surface area contributed by atoms with Crippen molar-refractivity contribution >= 4 is 5.97 Å². The van der Waals surface area contributed by atoms with E-state index in [2.05, 4.69) is 5.10 Å². The van der Waals surface area contributed by atoms with Crippen LogP contribution >= 0.6 is 0 Å². The number of carbonyl (C=O) groups is 1. The van der Waals surface area contributed by atoms with Gasteiger partial charge in [-0.1, -0.05) is 0 Å². The third-order valence-corrected chi connectivity index (χ3v) is 3.10. The van der Waals surface area contributed by atoms with E-state index in [4.69, 9.17) is 19.8 Å². The molecule has 23 heavy (non-hydrogen) atoms. The topological polar surface area (TPSA) is 114 Å². The second-order valence-corrected chi connectivity index (χ2v) is 4.44. The molecule has 8 nitrogen and oxygen atoms in total. The van der Waals surface area contributed by atoms with E-state index in [0.717, 1.165) is 4.68 Å². The lowest BCUT2D eigenvalue weighted by atomic mass is 10.1. The summed E-state index contributed by atoms with van der Waals surface area (Å²) in [5.41, 5.74) is -0.529. The first kappa shape index (κ1) is 16.0. The van der Waals surface area contributed by atoms with Crippen molar-refractivity contribution in [3.8, 4) is 28.8 Å². The summed E-state index contributed by atoms with van der Waals surface area (Å²) in [5, 5.41) is 21.9. The molecular formula is C15H13N3O5. The summed E-state index contributed by atoms with van der Waals surface area (Å²) < 4.78 is 11.1. The van der Waals surface area contributed by atoms with Gasteiger partial charge in [-0.2, -0.15) is 10.4 Å². The number of hydrogen-bond acceptors (Lipinski definition) is 6. The summed E-state index contributed by atoms with van der Waals surface area (Å²) in [6.07, 6.45) is 0. The molecule has 1 N–H and O–H groups in total. The molecule has 1 aromatic carbocycles. The first-order valence-corrected chi connectivity index (χ1v) is 6.46. The van der Waals surface area contributed by atoms with Crippen LogP contribution in [-0.4, -0.2) is 35.1 Å². The molecule has 0 aliphatic carbocycles. The lowest BCUT2D eigenvalue weighted by Gasteiger charge is -2.10. The van der Waals surface area contributed by atoms with Gasteiger partial charge in [0.05, 0.1) is 26.0 Å². The van der Waals surface area contributed by atoms with Gasteiger partial charge in [-0.05, 0) is 24.3 Å². The molecule has 118 valence electrons. The van der Waals surface area contributed by atoms with Gasteiger partial charge in [-0.15, -0.1) is 0 Å². The number of hydrogen-bond donors (Lipinski definition) is 1. The summed E-state index contributed by atoms with van der Waals surface area (Å²) in [6, 6.07) is 7.83. The lowest BCUT2D eigenvalue weighted by Crippen LogP contribution is -2.28. The predicted octanol–water partition coefficient (Wildman–Crippen LogP) is 1.15. The Kier molecular flexibility index (Phi) is 4.61. The van der Waals surface area contributed by atoms with Gasteiger partial charge in [-0.3, -0.25) is 4.79 Å². The monoisotopic (exact) mass is 315 g/mol. The van der Waals surface area contributed by atoms with Gasteiger partial charge in [-0.25, -0.2) is 9.48 Å². The summed E-state index contributed by atoms with van der Waals surface area (Å²) in [6.45, 7) is -0.347. The number of ether oxygens (including phenoxy) is 2. The largest absolute Gasteiger partial charge is 0.493 e. The number of aromatic carboxylic acids is 1. The molecule has 0 saturated heterocycles. The molecule has 0 saturated carbocycles. The molecule has 0 fully saturated rings. The lowest BCUT2D eigenvalue weighted by molar-refractivity contribution is 0.0694. The Balaban J connectivity index is 2.66. The van der Waals surface area contributed by atoms with Gasteiger partial charge in [0.2, 0.25) is 0 Å². The highest BCUT2D eigenvalue weighted by Gasteiger charge is 2.16. The third-order valence-electron chi connectivity index (χ3n) is 3.10. The third kappa shape index (κ3) is 3.13. The molecule has 0 atom stereocenters. The molecule has 0 bridgehead atoms. The van der Waals surface area contributed by atoms with Crippen LogP contribution in [0.25, 0.3) is 11.3 Å². The van der Waals surface area contributed by atoms with Gasteiger partial charge in [0.25, 0.3) is 5.56 Å². The first-order chi connectivity index (χ1) is 11.0. The molecule has 0 aliphatic rings. The van der Waals surface area contributed by atoms with E-state index in [0.29, 0.717) is 17.1 Å². The standard InChI is InChI=1S/C15H13N3O5/c1-22-12-4-3-9(7-13(12)23-2)11-8-10(15(20)21)14(19)18(17-11)6-5-16/h3-4,7-8H,6H2,1-2H3,(H,20,21). The number of benzene rings is 1. The highest BCUT2D eigenvalue weighted by Crippen LogP contribution is 2.31. The van der Waals surface area contributed by atoms with Gasteiger partial charge in [0.1, 0.15) is 12.1 Å². The van der Waals surface area contributed by atoms with Crippen molar-refractivity contribution in [3.63, 3.8) is 0 Å². The van der Waals surface area contributed by atoms with Crippen LogP contribution in [0.3, 0.4) is 0 Å². The summed E-state index contributed by atoms with van der Waals surface area (Å²) in [4.78, 5) is 23.1. The fourth-order valence-electron chi connectivity index (χ4n) is 2.01. The van der Waals surface area contributed by atoms with Crippen LogP contribution in [0.4, 0.5) is 0 Å². The number of nitriles is 1. The SMILES string of the molecule is COc1ccc(-c2cc(C(=O)O)c(=O)n(CC#N)n2)cc1OC. The smallest absolute Gasteiger partial charge is 0.341 e. The maximum Gasteiger partial charge on any atom is 0.341 e. The molecular weight excluding hydrogens is 302 g/mol. The van der Waals surface area contributed by atoms with Crippen molar-refractivity contribution < 1.29 is 19.4 Å². The number of carboxylic acids is 1. The molecule has 2 rings (SSSR count).